The van der Waals surface area contributed by atoms with Crippen LogP contribution < -0.4 is 15.4 Å². The second-order valence-corrected chi connectivity index (χ2v) is 4.30. The van der Waals surface area contributed by atoms with Gasteiger partial charge in [-0.1, -0.05) is 20.3 Å². The third-order valence-electron chi connectivity index (χ3n) is 2.69. The van der Waals surface area contributed by atoms with E-state index in [2.05, 4.69) is 23.7 Å². The number of unbranched alkanes of at least 4 members (excludes halogenated alkanes) is 1. The van der Waals surface area contributed by atoms with Crippen molar-refractivity contribution >= 4 is 5.82 Å². The molecule has 4 nitrogen and oxygen atoms in total. The summed E-state index contributed by atoms with van der Waals surface area (Å²) in [6, 6.07) is 3.89. The first-order chi connectivity index (χ1) is 8.83. The van der Waals surface area contributed by atoms with E-state index < -0.39 is 0 Å². The van der Waals surface area contributed by atoms with E-state index in [4.69, 9.17) is 10.5 Å². The van der Waals surface area contributed by atoms with Gasteiger partial charge in [0.2, 0.25) is 0 Å². The fraction of sp³-hybridized carbons (Fsp3) is 0.643. The van der Waals surface area contributed by atoms with E-state index in [1.54, 1.807) is 0 Å². The van der Waals surface area contributed by atoms with Gasteiger partial charge in [-0.15, -0.1) is 0 Å². The normalized spacial score (nSPS) is 10.4. The Morgan fingerprint density at radius 1 is 1.28 bits per heavy atom. The third-order valence-corrected chi connectivity index (χ3v) is 2.69. The minimum absolute atomic E-state index is 0.632. The number of pyridine rings is 1. The molecule has 18 heavy (non-hydrogen) atoms. The zero-order chi connectivity index (χ0) is 13.2. The van der Waals surface area contributed by atoms with Crippen molar-refractivity contribution in [3.05, 3.63) is 18.3 Å². The molecule has 1 rings (SSSR count). The molecule has 0 bridgehead atoms. The van der Waals surface area contributed by atoms with Crippen molar-refractivity contribution < 1.29 is 4.74 Å². The van der Waals surface area contributed by atoms with Crippen LogP contribution in [-0.4, -0.2) is 31.2 Å². The van der Waals surface area contributed by atoms with Crippen molar-refractivity contribution in [2.75, 3.05) is 31.1 Å². The number of nitrogens with two attached hydrogens (primary N) is 1. The van der Waals surface area contributed by atoms with E-state index in [-0.39, 0.29) is 0 Å². The summed E-state index contributed by atoms with van der Waals surface area (Å²) in [5.41, 5.74) is 5.68. The highest BCUT2D eigenvalue weighted by molar-refractivity contribution is 5.52. The van der Waals surface area contributed by atoms with E-state index in [9.17, 15) is 0 Å². The van der Waals surface area contributed by atoms with E-state index in [0.29, 0.717) is 6.54 Å². The van der Waals surface area contributed by atoms with Crippen LogP contribution in [0.25, 0.3) is 0 Å². The monoisotopic (exact) mass is 251 g/mol. The first kappa shape index (κ1) is 14.8. The molecule has 2 N–H and O–H groups in total. The maximum atomic E-state index is 5.75. The summed E-state index contributed by atoms with van der Waals surface area (Å²) in [5.74, 6) is 1.79. The molecule has 102 valence electrons. The molecule has 0 spiro atoms. The van der Waals surface area contributed by atoms with E-state index in [1.807, 2.05) is 18.3 Å². The highest BCUT2D eigenvalue weighted by Gasteiger charge is 2.12. The fourth-order valence-corrected chi connectivity index (χ4v) is 1.77. The summed E-state index contributed by atoms with van der Waals surface area (Å²) in [7, 11) is 0. The van der Waals surface area contributed by atoms with Gasteiger partial charge in [0.1, 0.15) is 0 Å². The second kappa shape index (κ2) is 8.75. The Kier molecular flexibility index (Phi) is 7.18. The second-order valence-electron chi connectivity index (χ2n) is 4.30. The molecule has 0 atom stereocenters. The van der Waals surface area contributed by atoms with Gasteiger partial charge in [-0.3, -0.25) is 0 Å². The number of nitrogens with zero attached hydrogens (tertiary/aromatic N) is 2. The summed E-state index contributed by atoms with van der Waals surface area (Å²) < 4.78 is 5.75. The molecular weight excluding hydrogens is 226 g/mol. The molecule has 1 heterocycles. The largest absolute Gasteiger partial charge is 0.490 e. The van der Waals surface area contributed by atoms with Crippen LogP contribution in [0.4, 0.5) is 5.82 Å². The topological polar surface area (TPSA) is 51.4 Å². The summed E-state index contributed by atoms with van der Waals surface area (Å²) in [6.07, 6.45) is 5.12. The highest BCUT2D eigenvalue weighted by atomic mass is 16.5. The van der Waals surface area contributed by atoms with Gasteiger partial charge in [-0.25, -0.2) is 4.98 Å². The molecule has 0 aliphatic heterocycles. The van der Waals surface area contributed by atoms with Gasteiger partial charge < -0.3 is 15.4 Å². The molecule has 0 saturated heterocycles. The van der Waals surface area contributed by atoms with Crippen molar-refractivity contribution in [3.63, 3.8) is 0 Å². The Morgan fingerprint density at radius 3 is 2.78 bits per heavy atom. The molecule has 0 aromatic carbocycles. The van der Waals surface area contributed by atoms with E-state index >= 15 is 0 Å². The van der Waals surface area contributed by atoms with Gasteiger partial charge in [-0.2, -0.15) is 0 Å². The maximum Gasteiger partial charge on any atom is 0.171 e. The lowest BCUT2D eigenvalue weighted by molar-refractivity contribution is 0.316. The Morgan fingerprint density at radius 2 is 2.11 bits per heavy atom. The minimum Gasteiger partial charge on any atom is -0.490 e. The van der Waals surface area contributed by atoms with Crippen molar-refractivity contribution in [1.82, 2.24) is 4.98 Å². The van der Waals surface area contributed by atoms with Gasteiger partial charge in [0.05, 0.1) is 6.61 Å². The Bertz CT molecular complexity index is 331. The predicted molar refractivity (Wildman–Crippen MR) is 76.2 cm³/mol. The Labute approximate surface area is 110 Å². The van der Waals surface area contributed by atoms with Crippen molar-refractivity contribution in [2.24, 2.45) is 5.73 Å². The lowest BCUT2D eigenvalue weighted by atomic mass is 10.3. The number of aromatic nitrogens is 1. The predicted octanol–water partition coefficient (Wildman–Crippen LogP) is 2.44. The lowest BCUT2D eigenvalue weighted by Gasteiger charge is -2.24. The van der Waals surface area contributed by atoms with Crippen molar-refractivity contribution in [1.29, 1.82) is 0 Å². The maximum absolute atomic E-state index is 5.75. The van der Waals surface area contributed by atoms with Crippen LogP contribution in [0.2, 0.25) is 0 Å². The van der Waals surface area contributed by atoms with Gasteiger partial charge in [-0.05, 0) is 25.0 Å². The van der Waals surface area contributed by atoms with Crippen LogP contribution in [0.3, 0.4) is 0 Å². The molecule has 4 heteroatoms. The summed E-state index contributed by atoms with van der Waals surface area (Å²) in [4.78, 5) is 6.67. The van der Waals surface area contributed by atoms with Crippen LogP contribution in [0.1, 0.15) is 33.1 Å². The molecule has 0 fully saturated rings. The summed E-state index contributed by atoms with van der Waals surface area (Å²) in [5, 5.41) is 0. The average Bonchev–Trinajstić information content (AvgIpc) is 2.41. The summed E-state index contributed by atoms with van der Waals surface area (Å²) >= 11 is 0. The van der Waals surface area contributed by atoms with Gasteiger partial charge in [0.15, 0.2) is 11.6 Å². The Balaban J connectivity index is 2.80. The first-order valence-electron chi connectivity index (χ1n) is 6.86. The van der Waals surface area contributed by atoms with Crippen LogP contribution in [0.5, 0.6) is 5.75 Å². The average molecular weight is 251 g/mol. The molecule has 0 radical (unpaired) electrons. The number of anilines is 1. The van der Waals surface area contributed by atoms with Crippen molar-refractivity contribution in [3.8, 4) is 5.75 Å². The standard InChI is InChI=1S/C14H25N3O/c1-3-5-10-17(11-8-15)14-13(18-12-4-2)7-6-9-16-14/h6-7,9H,3-5,8,10-12,15H2,1-2H3. The molecule has 1 aromatic rings. The van der Waals surface area contributed by atoms with E-state index in [0.717, 1.165) is 44.1 Å². The zero-order valence-electron chi connectivity index (χ0n) is 11.6. The fourth-order valence-electron chi connectivity index (χ4n) is 1.77. The SMILES string of the molecule is CCCCN(CCN)c1ncccc1OCCC. The number of rotatable bonds is 9. The van der Waals surface area contributed by atoms with Crippen LogP contribution >= 0.6 is 0 Å². The molecule has 0 amide bonds. The van der Waals surface area contributed by atoms with Crippen LogP contribution in [0, 0.1) is 0 Å². The molecule has 0 saturated carbocycles. The molecule has 0 aliphatic carbocycles. The van der Waals surface area contributed by atoms with Crippen molar-refractivity contribution in [2.45, 2.75) is 33.1 Å². The molecule has 0 aliphatic rings. The number of ether oxygens (including phenoxy) is 1. The molecule has 0 unspecified atom stereocenters. The van der Waals surface area contributed by atoms with Crippen LogP contribution in [-0.2, 0) is 0 Å². The first-order valence-corrected chi connectivity index (χ1v) is 6.86. The smallest absolute Gasteiger partial charge is 0.171 e. The van der Waals surface area contributed by atoms with Crippen LogP contribution in [0.15, 0.2) is 18.3 Å². The zero-order valence-corrected chi connectivity index (χ0v) is 11.6. The lowest BCUT2D eigenvalue weighted by Crippen LogP contribution is -2.31. The number of hydrogen-bond donors (Lipinski definition) is 1. The Hall–Kier alpha value is -1.29. The molecular formula is C14H25N3O. The van der Waals surface area contributed by atoms with E-state index in [1.165, 1.54) is 6.42 Å². The van der Waals surface area contributed by atoms with Gasteiger partial charge in [0.25, 0.3) is 0 Å². The summed E-state index contributed by atoms with van der Waals surface area (Å²) in [6.45, 7) is 7.45. The quantitative estimate of drug-likeness (QED) is 0.732. The third kappa shape index (κ3) is 4.53. The minimum atomic E-state index is 0.632. The van der Waals surface area contributed by atoms with Gasteiger partial charge in [0, 0.05) is 25.8 Å². The highest BCUT2D eigenvalue weighted by Crippen LogP contribution is 2.25. The van der Waals surface area contributed by atoms with Gasteiger partial charge >= 0.3 is 0 Å². The molecule has 1 aromatic heterocycles. The number of hydrogen-bond acceptors (Lipinski definition) is 4.